The molecule has 0 fully saturated rings. The predicted octanol–water partition coefficient (Wildman–Crippen LogP) is 4.30. The zero-order chi connectivity index (χ0) is 27.5. The van der Waals surface area contributed by atoms with Crippen LogP contribution in [0.15, 0.2) is 72.2 Å². The van der Waals surface area contributed by atoms with E-state index in [-0.39, 0.29) is 5.91 Å². The summed E-state index contributed by atoms with van der Waals surface area (Å²) in [6.07, 6.45) is 3.39. The van der Waals surface area contributed by atoms with Crippen molar-refractivity contribution < 1.29 is 23.7 Å². The first kappa shape index (κ1) is 25.6. The lowest BCUT2D eigenvalue weighted by molar-refractivity contribution is -0.113. The van der Waals surface area contributed by atoms with E-state index in [0.29, 0.717) is 57.3 Å². The van der Waals surface area contributed by atoms with E-state index in [4.69, 9.17) is 29.0 Å². The SMILES string of the molecule is COc1ccccc1NC(=O)C1=C(C)Nc2nc(-c3cc(OC)c(OC)c(OC)c3)nn2C1c1cccnc1. The second kappa shape index (κ2) is 10.7. The molecular formula is C28H28N6O5. The maximum Gasteiger partial charge on any atom is 0.255 e. The zero-order valence-corrected chi connectivity index (χ0v) is 22.2. The van der Waals surface area contributed by atoms with Gasteiger partial charge in [0.1, 0.15) is 11.8 Å². The Morgan fingerprint density at radius 3 is 2.31 bits per heavy atom. The monoisotopic (exact) mass is 528 g/mol. The number of nitrogens with zero attached hydrogens (tertiary/aromatic N) is 4. The lowest BCUT2D eigenvalue weighted by Gasteiger charge is -2.28. The van der Waals surface area contributed by atoms with Gasteiger partial charge < -0.3 is 29.6 Å². The van der Waals surface area contributed by atoms with E-state index in [0.717, 1.165) is 5.56 Å². The summed E-state index contributed by atoms with van der Waals surface area (Å²) < 4.78 is 23.6. The van der Waals surface area contributed by atoms with Crippen molar-refractivity contribution in [3.05, 3.63) is 77.8 Å². The third-order valence-corrected chi connectivity index (χ3v) is 6.38. The van der Waals surface area contributed by atoms with Crippen LogP contribution in [0.25, 0.3) is 11.4 Å². The summed E-state index contributed by atoms with van der Waals surface area (Å²) in [5, 5.41) is 11.0. The minimum absolute atomic E-state index is 0.311. The number of rotatable bonds is 8. The fourth-order valence-corrected chi connectivity index (χ4v) is 4.56. The molecule has 0 aliphatic carbocycles. The van der Waals surface area contributed by atoms with Crippen molar-refractivity contribution in [2.45, 2.75) is 13.0 Å². The number of hydrogen-bond acceptors (Lipinski definition) is 9. The van der Waals surface area contributed by atoms with Gasteiger partial charge in [-0.2, -0.15) is 4.98 Å². The Hall–Kier alpha value is -5.06. The van der Waals surface area contributed by atoms with Crippen LogP contribution in [-0.4, -0.2) is 54.1 Å². The highest BCUT2D eigenvalue weighted by atomic mass is 16.5. The molecular weight excluding hydrogens is 500 g/mol. The molecule has 1 aliphatic rings. The average molecular weight is 529 g/mol. The number of carbonyl (C=O) groups excluding carboxylic acids is 1. The van der Waals surface area contributed by atoms with E-state index in [1.54, 1.807) is 69.8 Å². The van der Waals surface area contributed by atoms with Crippen LogP contribution in [-0.2, 0) is 4.79 Å². The number of carbonyl (C=O) groups is 1. The van der Waals surface area contributed by atoms with E-state index in [1.807, 2.05) is 31.2 Å². The van der Waals surface area contributed by atoms with Crippen molar-refractivity contribution in [2.24, 2.45) is 0 Å². The van der Waals surface area contributed by atoms with E-state index in [9.17, 15) is 4.79 Å². The Labute approximate surface area is 225 Å². The molecule has 0 saturated carbocycles. The van der Waals surface area contributed by atoms with Gasteiger partial charge in [-0.15, -0.1) is 5.10 Å². The standard InChI is InChI=1S/C28H28N6O5/c1-16-23(27(35)31-19-10-6-7-11-20(19)36-2)24(17-9-8-12-29-15-17)34-28(30-16)32-26(33-34)18-13-21(37-3)25(39-5)22(14-18)38-4/h6-15,24H,1-5H3,(H,31,35)(H,30,32,33). The number of pyridine rings is 1. The molecule has 200 valence electrons. The van der Waals surface area contributed by atoms with Gasteiger partial charge in [0.05, 0.1) is 39.7 Å². The molecule has 0 saturated heterocycles. The van der Waals surface area contributed by atoms with Crippen LogP contribution >= 0.6 is 0 Å². The lowest BCUT2D eigenvalue weighted by atomic mass is 9.96. The lowest BCUT2D eigenvalue weighted by Crippen LogP contribution is -2.31. The van der Waals surface area contributed by atoms with E-state index >= 15 is 0 Å². The van der Waals surface area contributed by atoms with E-state index in [1.165, 1.54) is 0 Å². The number of anilines is 2. The van der Waals surface area contributed by atoms with Crippen LogP contribution in [0.3, 0.4) is 0 Å². The smallest absolute Gasteiger partial charge is 0.255 e. The molecule has 1 atom stereocenters. The van der Waals surface area contributed by atoms with Gasteiger partial charge in [-0.1, -0.05) is 18.2 Å². The highest BCUT2D eigenvalue weighted by molar-refractivity contribution is 6.06. The average Bonchev–Trinajstić information content (AvgIpc) is 3.39. The van der Waals surface area contributed by atoms with Crippen LogP contribution < -0.4 is 29.6 Å². The third kappa shape index (κ3) is 4.70. The van der Waals surface area contributed by atoms with Crippen LogP contribution in [0.1, 0.15) is 18.5 Å². The van der Waals surface area contributed by atoms with Crippen molar-refractivity contribution in [2.75, 3.05) is 39.1 Å². The first-order valence-corrected chi connectivity index (χ1v) is 12.1. The largest absolute Gasteiger partial charge is 0.495 e. The minimum atomic E-state index is -0.604. The van der Waals surface area contributed by atoms with Crippen molar-refractivity contribution in [3.63, 3.8) is 0 Å². The normalized spacial score (nSPS) is 14.2. The molecule has 39 heavy (non-hydrogen) atoms. The molecule has 2 aromatic heterocycles. The van der Waals surface area contributed by atoms with Crippen molar-refractivity contribution in [1.29, 1.82) is 0 Å². The first-order valence-electron chi connectivity index (χ1n) is 12.1. The molecule has 1 aliphatic heterocycles. The Bertz CT molecular complexity index is 1520. The van der Waals surface area contributed by atoms with Crippen LogP contribution in [0.4, 0.5) is 11.6 Å². The Morgan fingerprint density at radius 1 is 0.949 bits per heavy atom. The molecule has 4 aromatic rings. The molecule has 11 heteroatoms. The van der Waals surface area contributed by atoms with Crippen LogP contribution in [0.2, 0.25) is 0 Å². The molecule has 0 bridgehead atoms. The summed E-state index contributed by atoms with van der Waals surface area (Å²) in [4.78, 5) is 22.8. The molecule has 0 radical (unpaired) electrons. The molecule has 1 amide bonds. The maximum absolute atomic E-state index is 13.8. The number of methoxy groups -OCH3 is 4. The first-order chi connectivity index (χ1) is 19.0. The van der Waals surface area contributed by atoms with Crippen molar-refractivity contribution >= 4 is 17.5 Å². The topological polar surface area (TPSA) is 122 Å². The zero-order valence-electron chi connectivity index (χ0n) is 22.2. The predicted molar refractivity (Wildman–Crippen MR) is 145 cm³/mol. The van der Waals surface area contributed by atoms with E-state index < -0.39 is 6.04 Å². The number of fused-ring (bicyclic) bond motifs is 1. The summed E-state index contributed by atoms with van der Waals surface area (Å²) in [5.41, 5.74) is 3.06. The molecule has 1 unspecified atom stereocenters. The van der Waals surface area contributed by atoms with E-state index in [2.05, 4.69) is 15.6 Å². The van der Waals surface area contributed by atoms with Crippen molar-refractivity contribution in [1.82, 2.24) is 19.7 Å². The number of benzene rings is 2. The van der Waals surface area contributed by atoms with Gasteiger partial charge in [0.25, 0.3) is 5.91 Å². The second-order valence-corrected chi connectivity index (χ2v) is 8.62. The highest BCUT2D eigenvalue weighted by Gasteiger charge is 2.35. The highest BCUT2D eigenvalue weighted by Crippen LogP contribution is 2.42. The fraction of sp³-hybridized carbons (Fsp3) is 0.214. The number of allylic oxidation sites excluding steroid dienone is 1. The number of aromatic nitrogens is 4. The van der Waals surface area contributed by atoms with Gasteiger partial charge in [-0.05, 0) is 42.8 Å². The summed E-state index contributed by atoms with van der Waals surface area (Å²) in [6.45, 7) is 1.83. The fourth-order valence-electron chi connectivity index (χ4n) is 4.56. The second-order valence-electron chi connectivity index (χ2n) is 8.62. The molecule has 5 rings (SSSR count). The van der Waals surface area contributed by atoms with Gasteiger partial charge >= 0.3 is 0 Å². The van der Waals surface area contributed by atoms with Crippen LogP contribution in [0, 0.1) is 0 Å². The molecule has 2 N–H and O–H groups in total. The Kier molecular flexibility index (Phi) is 7.04. The molecule has 11 nitrogen and oxygen atoms in total. The summed E-state index contributed by atoms with van der Waals surface area (Å²) in [6, 6.07) is 13.9. The summed E-state index contributed by atoms with van der Waals surface area (Å²) >= 11 is 0. The summed E-state index contributed by atoms with van der Waals surface area (Å²) in [7, 11) is 6.20. The van der Waals surface area contributed by atoms with Gasteiger partial charge in [-0.3, -0.25) is 9.78 Å². The van der Waals surface area contributed by atoms with Gasteiger partial charge in [0, 0.05) is 23.7 Å². The number of amides is 1. The quantitative estimate of drug-likeness (QED) is 0.345. The van der Waals surface area contributed by atoms with Gasteiger partial charge in [0.2, 0.25) is 11.7 Å². The number of nitrogens with one attached hydrogen (secondary N) is 2. The summed E-state index contributed by atoms with van der Waals surface area (Å²) in [5.74, 6) is 2.53. The van der Waals surface area contributed by atoms with Crippen LogP contribution in [0.5, 0.6) is 23.0 Å². The van der Waals surface area contributed by atoms with Gasteiger partial charge in [0.15, 0.2) is 17.3 Å². The molecule has 0 spiro atoms. The number of para-hydroxylation sites is 2. The Balaban J connectivity index is 1.60. The minimum Gasteiger partial charge on any atom is -0.495 e. The van der Waals surface area contributed by atoms with Crippen molar-refractivity contribution in [3.8, 4) is 34.4 Å². The van der Waals surface area contributed by atoms with Gasteiger partial charge in [-0.25, -0.2) is 4.68 Å². The number of hydrogen-bond donors (Lipinski definition) is 2. The number of ether oxygens (including phenoxy) is 4. The Morgan fingerprint density at radius 2 is 1.67 bits per heavy atom. The molecule has 2 aromatic carbocycles. The maximum atomic E-state index is 13.8. The third-order valence-electron chi connectivity index (χ3n) is 6.38. The molecule has 3 heterocycles.